The van der Waals surface area contributed by atoms with Gasteiger partial charge in [-0.1, -0.05) is 29.8 Å². The van der Waals surface area contributed by atoms with Crippen molar-refractivity contribution in [3.63, 3.8) is 0 Å². The van der Waals surface area contributed by atoms with Crippen LogP contribution >= 0.6 is 11.6 Å². The molecule has 6 nitrogen and oxygen atoms in total. The van der Waals surface area contributed by atoms with Crippen molar-refractivity contribution in [3.05, 3.63) is 71.5 Å². The van der Waals surface area contributed by atoms with E-state index in [2.05, 4.69) is 15.3 Å². The number of hydrogen-bond donors (Lipinski definition) is 2. The average Bonchev–Trinajstić information content (AvgIpc) is 3.14. The SMILES string of the molecule is O=C(COC(=O)c1ccc(-c2ncc[nH]2)cc1)Nc1cccc(Cl)c1. The lowest BCUT2D eigenvalue weighted by Gasteiger charge is -2.07. The van der Waals surface area contributed by atoms with Gasteiger partial charge < -0.3 is 15.0 Å². The molecule has 0 saturated heterocycles. The molecule has 0 aliphatic rings. The lowest BCUT2D eigenvalue weighted by molar-refractivity contribution is -0.119. The summed E-state index contributed by atoms with van der Waals surface area (Å²) in [5, 5.41) is 3.11. The molecule has 0 atom stereocenters. The van der Waals surface area contributed by atoms with Gasteiger partial charge in [-0.25, -0.2) is 9.78 Å². The van der Waals surface area contributed by atoms with Gasteiger partial charge in [-0.3, -0.25) is 4.79 Å². The Labute approximate surface area is 148 Å². The third kappa shape index (κ3) is 4.45. The normalized spacial score (nSPS) is 10.3. The van der Waals surface area contributed by atoms with Gasteiger partial charge in [0.1, 0.15) is 5.82 Å². The van der Waals surface area contributed by atoms with E-state index < -0.39 is 11.9 Å². The van der Waals surface area contributed by atoms with Crippen LogP contribution in [0.5, 0.6) is 0 Å². The molecule has 0 fully saturated rings. The molecular formula is C18H14ClN3O3. The number of ether oxygens (including phenoxy) is 1. The maximum atomic E-state index is 12.0. The zero-order valence-electron chi connectivity index (χ0n) is 13.0. The number of aromatic amines is 1. The highest BCUT2D eigenvalue weighted by atomic mass is 35.5. The first kappa shape index (κ1) is 16.7. The van der Waals surface area contributed by atoms with Crippen molar-refractivity contribution < 1.29 is 14.3 Å². The van der Waals surface area contributed by atoms with Crippen LogP contribution in [-0.4, -0.2) is 28.5 Å². The fourth-order valence-electron chi connectivity index (χ4n) is 2.17. The molecule has 3 aromatic rings. The Balaban J connectivity index is 1.54. The van der Waals surface area contributed by atoms with Crippen molar-refractivity contribution >= 4 is 29.2 Å². The molecule has 0 radical (unpaired) electrons. The topological polar surface area (TPSA) is 84.1 Å². The van der Waals surface area contributed by atoms with Gasteiger partial charge in [0.2, 0.25) is 0 Å². The number of nitrogens with one attached hydrogen (secondary N) is 2. The number of carbonyl (C=O) groups excluding carboxylic acids is 2. The number of amides is 1. The number of esters is 1. The van der Waals surface area contributed by atoms with Crippen LogP contribution in [0, 0.1) is 0 Å². The molecule has 0 unspecified atom stereocenters. The maximum Gasteiger partial charge on any atom is 0.338 e. The van der Waals surface area contributed by atoms with Gasteiger partial charge in [0.15, 0.2) is 6.61 Å². The number of rotatable bonds is 5. The Bertz CT molecular complexity index is 877. The Morgan fingerprint density at radius 2 is 1.96 bits per heavy atom. The highest BCUT2D eigenvalue weighted by Gasteiger charge is 2.11. The minimum absolute atomic E-state index is 0.353. The summed E-state index contributed by atoms with van der Waals surface area (Å²) in [6, 6.07) is 13.5. The third-order valence-corrected chi connectivity index (χ3v) is 3.57. The van der Waals surface area contributed by atoms with E-state index in [0.29, 0.717) is 22.1 Å². The van der Waals surface area contributed by atoms with Gasteiger partial charge in [0, 0.05) is 28.7 Å². The van der Waals surface area contributed by atoms with E-state index in [1.807, 2.05) is 0 Å². The quantitative estimate of drug-likeness (QED) is 0.686. The third-order valence-electron chi connectivity index (χ3n) is 3.33. The van der Waals surface area contributed by atoms with Crippen LogP contribution in [0.3, 0.4) is 0 Å². The van der Waals surface area contributed by atoms with E-state index in [1.165, 1.54) is 0 Å². The van der Waals surface area contributed by atoms with Crippen molar-refractivity contribution in [3.8, 4) is 11.4 Å². The largest absolute Gasteiger partial charge is 0.452 e. The summed E-state index contributed by atoms with van der Waals surface area (Å²) in [4.78, 5) is 30.9. The number of aromatic nitrogens is 2. The Morgan fingerprint density at radius 3 is 2.64 bits per heavy atom. The maximum absolute atomic E-state index is 12.0. The first-order valence-electron chi connectivity index (χ1n) is 7.44. The molecule has 0 bridgehead atoms. The lowest BCUT2D eigenvalue weighted by atomic mass is 10.1. The predicted molar refractivity (Wildman–Crippen MR) is 94.4 cm³/mol. The molecule has 1 heterocycles. The van der Waals surface area contributed by atoms with Gasteiger partial charge in [0.25, 0.3) is 5.91 Å². The number of carbonyl (C=O) groups is 2. The Hall–Kier alpha value is -3.12. The molecule has 3 rings (SSSR count). The number of hydrogen-bond acceptors (Lipinski definition) is 4. The summed E-state index contributed by atoms with van der Waals surface area (Å²) in [6.45, 7) is -0.384. The highest BCUT2D eigenvalue weighted by molar-refractivity contribution is 6.30. The molecular weight excluding hydrogens is 342 g/mol. The molecule has 0 aliphatic carbocycles. The van der Waals surface area contributed by atoms with E-state index in [1.54, 1.807) is 60.9 Å². The van der Waals surface area contributed by atoms with Crippen molar-refractivity contribution in [2.75, 3.05) is 11.9 Å². The second-order valence-corrected chi connectivity index (χ2v) is 5.59. The standard InChI is InChI=1S/C18H14ClN3O3/c19-14-2-1-3-15(10-14)22-16(23)11-25-18(24)13-6-4-12(5-7-13)17-20-8-9-21-17/h1-10H,11H2,(H,20,21)(H,22,23). The summed E-state index contributed by atoms with van der Waals surface area (Å²) in [6.07, 6.45) is 3.37. The van der Waals surface area contributed by atoms with Gasteiger partial charge >= 0.3 is 5.97 Å². The van der Waals surface area contributed by atoms with Crippen LogP contribution < -0.4 is 5.32 Å². The second-order valence-electron chi connectivity index (χ2n) is 5.15. The molecule has 0 spiro atoms. The monoisotopic (exact) mass is 355 g/mol. The molecule has 0 saturated carbocycles. The first-order valence-corrected chi connectivity index (χ1v) is 7.82. The van der Waals surface area contributed by atoms with Crippen LogP contribution in [-0.2, 0) is 9.53 Å². The number of imidazole rings is 1. The molecule has 1 aromatic heterocycles. The molecule has 2 aromatic carbocycles. The summed E-state index contributed by atoms with van der Waals surface area (Å²) in [5.41, 5.74) is 1.74. The van der Waals surface area contributed by atoms with Crippen LogP contribution in [0.25, 0.3) is 11.4 Å². The molecule has 126 valence electrons. The van der Waals surface area contributed by atoms with Gasteiger partial charge in [-0.15, -0.1) is 0 Å². The molecule has 2 N–H and O–H groups in total. The first-order chi connectivity index (χ1) is 12.1. The minimum atomic E-state index is -0.577. The summed E-state index contributed by atoms with van der Waals surface area (Å²) in [5.74, 6) is -0.309. The smallest absolute Gasteiger partial charge is 0.338 e. The number of H-pyrrole nitrogens is 1. The van der Waals surface area contributed by atoms with E-state index in [4.69, 9.17) is 16.3 Å². The number of halogens is 1. The number of nitrogens with zero attached hydrogens (tertiary/aromatic N) is 1. The number of anilines is 1. The Morgan fingerprint density at radius 1 is 1.16 bits per heavy atom. The second kappa shape index (κ2) is 7.63. The van der Waals surface area contributed by atoms with Crippen molar-refractivity contribution in [1.29, 1.82) is 0 Å². The fraction of sp³-hybridized carbons (Fsp3) is 0.0556. The van der Waals surface area contributed by atoms with Crippen LogP contribution in [0.2, 0.25) is 5.02 Å². The highest BCUT2D eigenvalue weighted by Crippen LogP contribution is 2.16. The summed E-state index contributed by atoms with van der Waals surface area (Å²) in [7, 11) is 0. The van der Waals surface area contributed by atoms with Crippen molar-refractivity contribution in [2.45, 2.75) is 0 Å². The van der Waals surface area contributed by atoms with Crippen molar-refractivity contribution in [1.82, 2.24) is 9.97 Å². The summed E-state index contributed by atoms with van der Waals surface area (Å²) < 4.78 is 5.02. The average molecular weight is 356 g/mol. The van der Waals surface area contributed by atoms with Crippen LogP contribution in [0.15, 0.2) is 60.9 Å². The minimum Gasteiger partial charge on any atom is -0.452 e. The zero-order valence-corrected chi connectivity index (χ0v) is 13.8. The van der Waals surface area contributed by atoms with Crippen LogP contribution in [0.1, 0.15) is 10.4 Å². The molecule has 1 amide bonds. The number of benzene rings is 2. The van der Waals surface area contributed by atoms with E-state index in [0.717, 1.165) is 5.56 Å². The Kier molecular flexibility index (Phi) is 5.11. The molecule has 25 heavy (non-hydrogen) atoms. The van der Waals surface area contributed by atoms with Gasteiger partial charge in [0.05, 0.1) is 5.56 Å². The van der Waals surface area contributed by atoms with E-state index in [9.17, 15) is 9.59 Å². The lowest BCUT2D eigenvalue weighted by Crippen LogP contribution is -2.20. The zero-order chi connectivity index (χ0) is 17.6. The predicted octanol–water partition coefficient (Wildman–Crippen LogP) is 3.53. The van der Waals surface area contributed by atoms with E-state index >= 15 is 0 Å². The molecule has 7 heteroatoms. The van der Waals surface area contributed by atoms with Crippen molar-refractivity contribution in [2.24, 2.45) is 0 Å². The van der Waals surface area contributed by atoms with E-state index in [-0.39, 0.29) is 6.61 Å². The van der Waals surface area contributed by atoms with Crippen LogP contribution in [0.4, 0.5) is 5.69 Å². The van der Waals surface area contributed by atoms with Gasteiger partial charge in [-0.05, 0) is 30.3 Å². The van der Waals surface area contributed by atoms with Gasteiger partial charge in [-0.2, -0.15) is 0 Å². The summed E-state index contributed by atoms with van der Waals surface area (Å²) >= 11 is 5.84. The molecule has 0 aliphatic heterocycles. The fourth-order valence-corrected chi connectivity index (χ4v) is 2.36.